The van der Waals surface area contributed by atoms with Gasteiger partial charge in [0.15, 0.2) is 0 Å². The molecule has 3 aromatic rings. The van der Waals surface area contributed by atoms with Gasteiger partial charge in [-0.1, -0.05) is 29.3 Å². The molecular weight excluding hydrogens is 363 g/mol. The van der Waals surface area contributed by atoms with E-state index >= 15 is 0 Å². The number of fused-ring (bicyclic) bond motifs is 1. The van der Waals surface area contributed by atoms with Crippen molar-refractivity contribution in [3.8, 4) is 0 Å². The lowest BCUT2D eigenvalue weighted by atomic mass is 10.2. The number of carbonyl (C=O) groups excluding carboxylic acids is 1. The minimum atomic E-state index is -0.400. The molecule has 0 saturated heterocycles. The van der Waals surface area contributed by atoms with E-state index < -0.39 is 5.91 Å². The van der Waals surface area contributed by atoms with E-state index in [9.17, 15) is 9.59 Å². The van der Waals surface area contributed by atoms with Crippen LogP contribution in [0.1, 0.15) is 15.9 Å². The molecule has 0 spiro atoms. The molecule has 2 aromatic carbocycles. The maximum absolute atomic E-state index is 12.0. The van der Waals surface area contributed by atoms with Gasteiger partial charge in [0.1, 0.15) is 0 Å². The largest absolute Gasteiger partial charge is 0.328 e. The van der Waals surface area contributed by atoms with Crippen molar-refractivity contribution in [2.45, 2.75) is 0 Å². The van der Waals surface area contributed by atoms with Gasteiger partial charge in [-0.15, -0.1) is 0 Å². The fourth-order valence-electron chi connectivity index (χ4n) is 2.47. The summed E-state index contributed by atoms with van der Waals surface area (Å²) in [6.45, 7) is 0. The Balaban J connectivity index is 1.79. The maximum atomic E-state index is 12.0. The Bertz CT molecular complexity index is 1070. The third-order valence-electron chi connectivity index (χ3n) is 3.86. The van der Waals surface area contributed by atoms with Gasteiger partial charge in [-0.25, -0.2) is 10.2 Å². The predicted octanol–water partition coefficient (Wildman–Crippen LogP) is 2.95. The van der Waals surface area contributed by atoms with Crippen molar-refractivity contribution in [3.63, 3.8) is 0 Å². The van der Waals surface area contributed by atoms with Crippen LogP contribution >= 0.6 is 23.2 Å². The lowest BCUT2D eigenvalue weighted by Crippen LogP contribution is -2.19. The Kier molecular flexibility index (Phi) is 4.65. The van der Waals surface area contributed by atoms with E-state index in [-0.39, 0.29) is 5.69 Å². The molecule has 128 valence electrons. The van der Waals surface area contributed by atoms with Crippen LogP contribution < -0.4 is 11.1 Å². The zero-order chi connectivity index (χ0) is 18.1. The van der Waals surface area contributed by atoms with Gasteiger partial charge >= 0.3 is 5.69 Å². The molecule has 25 heavy (non-hydrogen) atoms. The number of rotatable bonds is 3. The summed E-state index contributed by atoms with van der Waals surface area (Å²) in [5.74, 6) is -0.400. The highest BCUT2D eigenvalue weighted by atomic mass is 35.5. The zero-order valence-electron chi connectivity index (χ0n) is 13.5. The molecule has 0 unspecified atom stereocenters. The summed E-state index contributed by atoms with van der Waals surface area (Å²) in [5.41, 5.74) is 5.04. The molecule has 1 aromatic heterocycles. The number of aromatic nitrogens is 2. The highest BCUT2D eigenvalue weighted by Crippen LogP contribution is 2.22. The van der Waals surface area contributed by atoms with Crippen molar-refractivity contribution >= 4 is 46.4 Å². The molecule has 0 fully saturated rings. The first kappa shape index (κ1) is 17.3. The molecule has 0 aliphatic rings. The number of hydrogen-bond donors (Lipinski definition) is 1. The Morgan fingerprint density at radius 1 is 1.04 bits per heavy atom. The first-order chi connectivity index (χ1) is 11.9. The minimum absolute atomic E-state index is 0.1000. The number of imidazole rings is 1. The lowest BCUT2D eigenvalue weighted by Gasteiger charge is -2.02. The summed E-state index contributed by atoms with van der Waals surface area (Å²) in [6, 6.07) is 10.1. The molecule has 6 nitrogen and oxygen atoms in total. The van der Waals surface area contributed by atoms with E-state index in [0.29, 0.717) is 15.6 Å². The van der Waals surface area contributed by atoms with E-state index in [4.69, 9.17) is 23.2 Å². The van der Waals surface area contributed by atoms with Crippen LogP contribution in [0.2, 0.25) is 10.0 Å². The fourth-order valence-corrected chi connectivity index (χ4v) is 2.77. The average molecular weight is 377 g/mol. The molecule has 1 heterocycles. The number of benzene rings is 2. The van der Waals surface area contributed by atoms with E-state index in [2.05, 4.69) is 10.5 Å². The second-order valence-corrected chi connectivity index (χ2v) is 6.29. The Morgan fingerprint density at radius 2 is 1.76 bits per heavy atom. The van der Waals surface area contributed by atoms with Crippen molar-refractivity contribution in [2.24, 2.45) is 19.2 Å². The standard InChI is InChI=1S/C17H14Cl2N4O2/c1-22-14-6-3-10(7-15(14)23(2)17(22)25)9-20-21-16(24)11-4-5-12(18)13(19)8-11/h3-9H,1-2H3,(H,21,24)/b20-9-. The van der Waals surface area contributed by atoms with Crippen molar-refractivity contribution < 1.29 is 4.79 Å². The Labute approximate surface area is 153 Å². The predicted molar refractivity (Wildman–Crippen MR) is 99.7 cm³/mol. The van der Waals surface area contributed by atoms with Crippen LogP contribution in [-0.2, 0) is 14.1 Å². The van der Waals surface area contributed by atoms with Crippen molar-refractivity contribution in [1.29, 1.82) is 0 Å². The molecule has 1 N–H and O–H groups in total. The summed E-state index contributed by atoms with van der Waals surface area (Å²) in [5, 5.41) is 4.62. The summed E-state index contributed by atoms with van der Waals surface area (Å²) in [7, 11) is 3.42. The number of halogens is 2. The summed E-state index contributed by atoms with van der Waals surface area (Å²) < 4.78 is 3.13. The van der Waals surface area contributed by atoms with Crippen molar-refractivity contribution in [2.75, 3.05) is 0 Å². The Hall–Kier alpha value is -2.57. The number of nitrogens with one attached hydrogen (secondary N) is 1. The molecule has 0 radical (unpaired) electrons. The van der Waals surface area contributed by atoms with Crippen LogP contribution in [-0.4, -0.2) is 21.3 Å². The SMILES string of the molecule is Cn1c(=O)n(C)c2cc(/C=N\NC(=O)c3ccc(Cl)c(Cl)c3)ccc21. The van der Waals surface area contributed by atoms with Gasteiger partial charge in [0.05, 0.1) is 27.3 Å². The minimum Gasteiger partial charge on any atom is -0.295 e. The summed E-state index contributed by atoms with van der Waals surface area (Å²) in [6.07, 6.45) is 1.51. The second kappa shape index (κ2) is 6.74. The third kappa shape index (κ3) is 3.31. The van der Waals surface area contributed by atoms with Gasteiger partial charge < -0.3 is 0 Å². The van der Waals surface area contributed by atoms with Gasteiger partial charge in [0.2, 0.25) is 0 Å². The number of nitrogens with zero attached hydrogens (tertiary/aromatic N) is 3. The molecule has 0 atom stereocenters. The van der Waals surface area contributed by atoms with E-state index in [1.165, 1.54) is 12.3 Å². The molecule has 3 rings (SSSR count). The molecule has 0 aliphatic heterocycles. The smallest absolute Gasteiger partial charge is 0.295 e. The Morgan fingerprint density at radius 3 is 2.48 bits per heavy atom. The van der Waals surface area contributed by atoms with Crippen LogP contribution in [0.3, 0.4) is 0 Å². The van der Waals surface area contributed by atoms with Gasteiger partial charge in [-0.05, 0) is 35.9 Å². The van der Waals surface area contributed by atoms with Gasteiger partial charge in [0, 0.05) is 19.7 Å². The second-order valence-electron chi connectivity index (χ2n) is 5.48. The molecule has 0 saturated carbocycles. The maximum Gasteiger partial charge on any atom is 0.328 e. The fraction of sp³-hybridized carbons (Fsp3) is 0.118. The van der Waals surface area contributed by atoms with Gasteiger partial charge in [-0.3, -0.25) is 13.9 Å². The first-order valence-corrected chi connectivity index (χ1v) is 8.08. The third-order valence-corrected chi connectivity index (χ3v) is 4.60. The quantitative estimate of drug-likeness (QED) is 0.563. The lowest BCUT2D eigenvalue weighted by molar-refractivity contribution is 0.0955. The van der Waals surface area contributed by atoms with Crippen LogP contribution in [0.5, 0.6) is 0 Å². The number of carbonyl (C=O) groups is 1. The molecule has 0 aliphatic carbocycles. The van der Waals surface area contributed by atoms with E-state index in [0.717, 1.165) is 16.6 Å². The number of aryl methyl sites for hydroxylation is 2. The highest BCUT2D eigenvalue weighted by Gasteiger charge is 2.08. The zero-order valence-corrected chi connectivity index (χ0v) is 15.0. The average Bonchev–Trinajstić information content (AvgIpc) is 2.81. The van der Waals surface area contributed by atoms with E-state index in [1.807, 2.05) is 18.2 Å². The summed E-state index contributed by atoms with van der Waals surface area (Å²) in [4.78, 5) is 24.0. The number of hydrogen-bond acceptors (Lipinski definition) is 3. The van der Waals surface area contributed by atoms with Gasteiger partial charge in [0.25, 0.3) is 5.91 Å². The molecule has 1 amide bonds. The number of amides is 1. The number of hydrazone groups is 1. The van der Waals surface area contributed by atoms with E-state index in [1.54, 1.807) is 35.4 Å². The monoisotopic (exact) mass is 376 g/mol. The van der Waals surface area contributed by atoms with Crippen LogP contribution in [0.4, 0.5) is 0 Å². The summed E-state index contributed by atoms with van der Waals surface area (Å²) >= 11 is 11.7. The van der Waals surface area contributed by atoms with Gasteiger partial charge in [-0.2, -0.15) is 5.10 Å². The molecular formula is C17H14Cl2N4O2. The molecule has 0 bridgehead atoms. The van der Waals surface area contributed by atoms with Crippen LogP contribution in [0.15, 0.2) is 46.3 Å². The molecule has 8 heteroatoms. The highest BCUT2D eigenvalue weighted by molar-refractivity contribution is 6.42. The first-order valence-electron chi connectivity index (χ1n) is 7.32. The van der Waals surface area contributed by atoms with Crippen LogP contribution in [0, 0.1) is 0 Å². The topological polar surface area (TPSA) is 68.4 Å². The normalized spacial score (nSPS) is 11.4. The van der Waals surface area contributed by atoms with Crippen LogP contribution in [0.25, 0.3) is 11.0 Å². The van der Waals surface area contributed by atoms with Crippen molar-refractivity contribution in [1.82, 2.24) is 14.6 Å². The van der Waals surface area contributed by atoms with Crippen molar-refractivity contribution in [3.05, 3.63) is 68.1 Å².